The summed E-state index contributed by atoms with van der Waals surface area (Å²) in [5.41, 5.74) is 1.86. The molecule has 1 unspecified atom stereocenters. The summed E-state index contributed by atoms with van der Waals surface area (Å²) in [5.74, 6) is 0.421. The Bertz CT molecular complexity index is 1100. The van der Waals surface area contributed by atoms with Gasteiger partial charge in [-0.3, -0.25) is 9.97 Å². The lowest BCUT2D eigenvalue weighted by atomic mass is 9.91. The van der Waals surface area contributed by atoms with Crippen LogP contribution in [0.2, 0.25) is 0 Å². The fraction of sp³-hybridized carbons (Fsp3) is 0.318. The normalized spacial score (nSPS) is 12.9. The van der Waals surface area contributed by atoms with Crippen LogP contribution < -0.4 is 10.1 Å². The van der Waals surface area contributed by atoms with Crippen LogP contribution in [0.3, 0.4) is 0 Å². The highest BCUT2D eigenvalue weighted by Gasteiger charge is 2.29. The summed E-state index contributed by atoms with van der Waals surface area (Å²) in [4.78, 5) is 24.0. The highest BCUT2D eigenvalue weighted by Crippen LogP contribution is 2.29. The Morgan fingerprint density at radius 3 is 2.80 bits per heavy atom. The van der Waals surface area contributed by atoms with Gasteiger partial charge in [0.2, 0.25) is 5.88 Å². The van der Waals surface area contributed by atoms with Crippen LogP contribution in [-0.4, -0.2) is 38.3 Å². The predicted octanol–water partition coefficient (Wildman–Crippen LogP) is 4.01. The van der Waals surface area contributed by atoms with Crippen molar-refractivity contribution in [1.29, 1.82) is 5.26 Å². The van der Waals surface area contributed by atoms with Gasteiger partial charge in [0.05, 0.1) is 11.1 Å². The molecule has 0 saturated carbocycles. The molecule has 1 atom stereocenters. The van der Waals surface area contributed by atoms with Gasteiger partial charge in [0, 0.05) is 35.7 Å². The summed E-state index contributed by atoms with van der Waals surface area (Å²) in [6.45, 7) is 5.84. The van der Waals surface area contributed by atoms with Crippen LogP contribution in [0.4, 0.5) is 4.79 Å². The molecule has 2 N–H and O–H groups in total. The van der Waals surface area contributed by atoms with Gasteiger partial charge in [-0.15, -0.1) is 0 Å². The third-order valence-corrected chi connectivity index (χ3v) is 4.62. The number of aromatic nitrogens is 3. The first kappa shape index (κ1) is 21.0. The fourth-order valence-electron chi connectivity index (χ4n) is 3.57. The van der Waals surface area contributed by atoms with Gasteiger partial charge >= 0.3 is 6.09 Å². The lowest BCUT2D eigenvalue weighted by molar-refractivity contribution is 0.141. The number of nitrogens with one attached hydrogen (secondary N) is 1. The number of carboxylic acid groups (broad SMARTS) is 1. The van der Waals surface area contributed by atoms with Gasteiger partial charge in [0.15, 0.2) is 0 Å². The number of hydrogen-bond donors (Lipinski definition) is 2. The summed E-state index contributed by atoms with van der Waals surface area (Å²) < 4.78 is 5.79. The molecule has 3 rings (SSSR count). The second-order valence-electron chi connectivity index (χ2n) is 7.82. The van der Waals surface area contributed by atoms with Crippen LogP contribution in [0.5, 0.6) is 5.88 Å². The van der Waals surface area contributed by atoms with E-state index in [1.807, 2.05) is 26.0 Å². The molecule has 0 aliphatic rings. The lowest BCUT2D eigenvalue weighted by Gasteiger charge is -2.31. The molecule has 0 saturated heterocycles. The largest absolute Gasteiger partial charge is 0.474 e. The van der Waals surface area contributed by atoms with E-state index < -0.39 is 11.6 Å². The monoisotopic (exact) mass is 405 g/mol. The van der Waals surface area contributed by atoms with E-state index in [0.29, 0.717) is 6.42 Å². The number of nitriles is 1. The maximum atomic E-state index is 11.2. The average molecular weight is 405 g/mol. The first-order chi connectivity index (χ1) is 14.3. The lowest BCUT2D eigenvalue weighted by Crippen LogP contribution is -2.50. The SMILES string of the molecule is CC(C)CC(C)(COc1ncc(-c2ccnc3ccncc23)cc1C#N)NC(=O)O. The molecule has 3 heterocycles. The number of amides is 1. The Balaban J connectivity index is 1.89. The summed E-state index contributed by atoms with van der Waals surface area (Å²) in [5, 5.41) is 22.2. The highest BCUT2D eigenvalue weighted by atomic mass is 16.5. The molecular weight excluding hydrogens is 382 g/mol. The molecule has 8 heteroatoms. The number of carbonyl (C=O) groups is 1. The summed E-state index contributed by atoms with van der Waals surface area (Å²) in [6, 6.07) is 7.48. The van der Waals surface area contributed by atoms with Crippen LogP contribution in [0.1, 0.15) is 32.8 Å². The Morgan fingerprint density at radius 2 is 2.10 bits per heavy atom. The van der Waals surface area contributed by atoms with Gasteiger partial charge in [0.1, 0.15) is 18.2 Å². The second kappa shape index (κ2) is 8.74. The zero-order valence-electron chi connectivity index (χ0n) is 17.1. The van der Waals surface area contributed by atoms with Crippen molar-refractivity contribution in [2.45, 2.75) is 32.7 Å². The third-order valence-electron chi connectivity index (χ3n) is 4.62. The van der Waals surface area contributed by atoms with Crippen molar-refractivity contribution in [2.24, 2.45) is 5.92 Å². The number of hydrogen-bond acceptors (Lipinski definition) is 6. The molecule has 0 spiro atoms. The number of pyridine rings is 3. The van der Waals surface area contributed by atoms with E-state index in [1.165, 1.54) is 0 Å². The Hall–Kier alpha value is -3.73. The van der Waals surface area contributed by atoms with Gasteiger partial charge in [-0.2, -0.15) is 5.26 Å². The van der Waals surface area contributed by atoms with E-state index in [4.69, 9.17) is 9.84 Å². The van der Waals surface area contributed by atoms with Gasteiger partial charge in [-0.25, -0.2) is 9.78 Å². The van der Waals surface area contributed by atoms with Gasteiger partial charge in [-0.05, 0) is 43.0 Å². The molecule has 0 aliphatic heterocycles. The maximum absolute atomic E-state index is 11.2. The van der Waals surface area contributed by atoms with Crippen LogP contribution in [0.25, 0.3) is 22.0 Å². The average Bonchev–Trinajstić information content (AvgIpc) is 2.70. The Kier molecular flexibility index (Phi) is 6.11. The van der Waals surface area contributed by atoms with E-state index in [1.54, 1.807) is 37.8 Å². The molecule has 0 radical (unpaired) electrons. The number of rotatable bonds is 7. The standard InChI is InChI=1S/C22H23N5O3/c1-14(2)9-22(3,27-21(28)29)13-30-20-15(10-23)8-16(11-26-20)17-4-7-25-19-5-6-24-12-18(17)19/h4-8,11-12,14,27H,9,13H2,1-3H3,(H,28,29). The molecule has 8 nitrogen and oxygen atoms in total. The van der Waals surface area contributed by atoms with Crippen LogP contribution in [0.15, 0.2) is 43.0 Å². The molecule has 3 aromatic rings. The van der Waals surface area contributed by atoms with Crippen LogP contribution >= 0.6 is 0 Å². The van der Waals surface area contributed by atoms with Gasteiger partial charge < -0.3 is 15.2 Å². The van der Waals surface area contributed by atoms with Crippen LogP contribution in [0, 0.1) is 17.2 Å². The predicted molar refractivity (Wildman–Crippen MR) is 112 cm³/mol. The Labute approximate surface area is 174 Å². The van der Waals surface area contributed by atoms with Crippen molar-refractivity contribution < 1.29 is 14.6 Å². The zero-order chi connectivity index (χ0) is 21.7. The minimum absolute atomic E-state index is 0.0562. The summed E-state index contributed by atoms with van der Waals surface area (Å²) >= 11 is 0. The van der Waals surface area contributed by atoms with Crippen molar-refractivity contribution in [3.8, 4) is 23.1 Å². The van der Waals surface area contributed by atoms with Gasteiger partial charge in [-0.1, -0.05) is 13.8 Å². The minimum Gasteiger partial charge on any atom is -0.474 e. The smallest absolute Gasteiger partial charge is 0.405 e. The minimum atomic E-state index is -1.12. The van der Waals surface area contributed by atoms with Crippen molar-refractivity contribution in [3.63, 3.8) is 0 Å². The second-order valence-corrected chi connectivity index (χ2v) is 7.82. The molecule has 0 fully saturated rings. The van der Waals surface area contributed by atoms with Crippen molar-refractivity contribution >= 4 is 17.0 Å². The van der Waals surface area contributed by atoms with E-state index >= 15 is 0 Å². The zero-order valence-corrected chi connectivity index (χ0v) is 17.1. The number of ether oxygens (including phenoxy) is 1. The molecule has 0 aliphatic carbocycles. The molecule has 0 aromatic carbocycles. The Morgan fingerprint density at radius 1 is 1.30 bits per heavy atom. The number of fused-ring (bicyclic) bond motifs is 1. The quantitative estimate of drug-likeness (QED) is 0.609. The number of nitrogens with zero attached hydrogens (tertiary/aromatic N) is 4. The molecule has 1 amide bonds. The fourth-order valence-corrected chi connectivity index (χ4v) is 3.57. The first-order valence-electron chi connectivity index (χ1n) is 9.54. The summed E-state index contributed by atoms with van der Waals surface area (Å²) in [7, 11) is 0. The molecule has 0 bridgehead atoms. The summed E-state index contributed by atoms with van der Waals surface area (Å²) in [6.07, 6.45) is 6.18. The first-order valence-corrected chi connectivity index (χ1v) is 9.54. The maximum Gasteiger partial charge on any atom is 0.405 e. The third kappa shape index (κ3) is 4.81. The van der Waals surface area contributed by atoms with Crippen molar-refractivity contribution in [3.05, 3.63) is 48.5 Å². The highest BCUT2D eigenvalue weighted by molar-refractivity contribution is 5.93. The molecule has 3 aromatic heterocycles. The van der Waals surface area contributed by atoms with Crippen LogP contribution in [-0.2, 0) is 0 Å². The van der Waals surface area contributed by atoms with Gasteiger partial charge in [0.25, 0.3) is 0 Å². The molecule has 30 heavy (non-hydrogen) atoms. The van der Waals surface area contributed by atoms with Crippen molar-refractivity contribution in [2.75, 3.05) is 6.61 Å². The van der Waals surface area contributed by atoms with E-state index in [2.05, 4.69) is 26.3 Å². The topological polar surface area (TPSA) is 121 Å². The van der Waals surface area contributed by atoms with E-state index in [9.17, 15) is 10.1 Å². The van der Waals surface area contributed by atoms with Crippen molar-refractivity contribution in [1.82, 2.24) is 20.3 Å². The van der Waals surface area contributed by atoms with E-state index in [-0.39, 0.29) is 24.0 Å². The molecular formula is C22H23N5O3. The van der Waals surface area contributed by atoms with E-state index in [0.717, 1.165) is 22.0 Å². The molecule has 154 valence electrons.